The summed E-state index contributed by atoms with van der Waals surface area (Å²) >= 11 is 0. The second-order valence-electron chi connectivity index (χ2n) is 4.76. The van der Waals surface area contributed by atoms with E-state index in [9.17, 15) is 9.90 Å². The van der Waals surface area contributed by atoms with Crippen LogP contribution in [-0.2, 0) is 11.3 Å². The van der Waals surface area contributed by atoms with Crippen LogP contribution in [0.2, 0.25) is 0 Å². The van der Waals surface area contributed by atoms with Crippen molar-refractivity contribution in [2.45, 2.75) is 44.8 Å². The van der Waals surface area contributed by atoms with Gasteiger partial charge < -0.3 is 14.6 Å². The molecule has 1 aromatic heterocycles. The van der Waals surface area contributed by atoms with Crippen LogP contribution in [0.1, 0.15) is 42.6 Å². The van der Waals surface area contributed by atoms with E-state index in [1.54, 1.807) is 7.11 Å². The third kappa shape index (κ3) is 3.47. The molecule has 0 aromatic carbocycles. The Labute approximate surface area is 112 Å². The molecule has 0 amide bonds. The van der Waals surface area contributed by atoms with Crippen molar-refractivity contribution in [1.29, 1.82) is 0 Å². The van der Waals surface area contributed by atoms with Crippen molar-refractivity contribution in [1.82, 2.24) is 9.78 Å². The lowest BCUT2D eigenvalue weighted by Gasteiger charge is -2.12. The van der Waals surface area contributed by atoms with Gasteiger partial charge in [0.2, 0.25) is 0 Å². The standard InChI is InChI=1S/C13H20N2O4/c1-18-8-4-7-15-12(13(16)17)11(9-14-15)19-10-5-2-3-6-10/h9-10H,2-8H2,1H3,(H,16,17). The molecule has 1 saturated carbocycles. The number of carboxylic acids is 1. The van der Waals surface area contributed by atoms with E-state index in [-0.39, 0.29) is 11.8 Å². The van der Waals surface area contributed by atoms with Crippen LogP contribution < -0.4 is 4.74 Å². The van der Waals surface area contributed by atoms with E-state index in [1.807, 2.05) is 0 Å². The maximum Gasteiger partial charge on any atom is 0.358 e. The van der Waals surface area contributed by atoms with Crippen molar-refractivity contribution in [3.8, 4) is 5.75 Å². The highest BCUT2D eigenvalue weighted by Crippen LogP contribution is 2.26. The van der Waals surface area contributed by atoms with Crippen molar-refractivity contribution in [3.05, 3.63) is 11.9 Å². The van der Waals surface area contributed by atoms with Gasteiger partial charge in [0.05, 0.1) is 12.3 Å². The Bertz CT molecular complexity index is 424. The van der Waals surface area contributed by atoms with Gasteiger partial charge in [-0.15, -0.1) is 0 Å². The molecule has 0 radical (unpaired) electrons. The minimum absolute atomic E-state index is 0.134. The molecular weight excluding hydrogens is 248 g/mol. The molecule has 0 unspecified atom stereocenters. The number of nitrogens with zero attached hydrogens (tertiary/aromatic N) is 2. The van der Waals surface area contributed by atoms with E-state index in [2.05, 4.69) is 5.10 Å². The second-order valence-corrected chi connectivity index (χ2v) is 4.76. The van der Waals surface area contributed by atoms with Gasteiger partial charge in [0.15, 0.2) is 11.4 Å². The SMILES string of the molecule is COCCCn1ncc(OC2CCCC2)c1C(=O)O. The van der Waals surface area contributed by atoms with E-state index < -0.39 is 5.97 Å². The van der Waals surface area contributed by atoms with Gasteiger partial charge in [-0.25, -0.2) is 4.79 Å². The van der Waals surface area contributed by atoms with E-state index in [1.165, 1.54) is 10.9 Å². The summed E-state index contributed by atoms with van der Waals surface area (Å²) in [6, 6.07) is 0. The van der Waals surface area contributed by atoms with E-state index >= 15 is 0 Å². The van der Waals surface area contributed by atoms with Crippen LogP contribution in [0.5, 0.6) is 5.75 Å². The fourth-order valence-electron chi connectivity index (χ4n) is 2.38. The number of hydrogen-bond donors (Lipinski definition) is 1. The molecule has 0 saturated heterocycles. The average Bonchev–Trinajstić information content (AvgIpc) is 3.00. The smallest absolute Gasteiger partial charge is 0.358 e. The van der Waals surface area contributed by atoms with Gasteiger partial charge in [-0.3, -0.25) is 4.68 Å². The topological polar surface area (TPSA) is 73.6 Å². The fraction of sp³-hybridized carbons (Fsp3) is 0.692. The molecule has 1 N–H and O–H groups in total. The minimum atomic E-state index is -0.997. The average molecular weight is 268 g/mol. The monoisotopic (exact) mass is 268 g/mol. The van der Waals surface area contributed by atoms with Gasteiger partial charge in [0.1, 0.15) is 0 Å². The summed E-state index contributed by atoms with van der Waals surface area (Å²) < 4.78 is 12.2. The number of methoxy groups -OCH3 is 1. The summed E-state index contributed by atoms with van der Waals surface area (Å²) in [5.41, 5.74) is 0.142. The third-order valence-electron chi connectivity index (χ3n) is 3.32. The summed E-state index contributed by atoms with van der Waals surface area (Å²) in [5.74, 6) is -0.611. The minimum Gasteiger partial charge on any atom is -0.486 e. The number of aromatic nitrogens is 2. The molecule has 0 spiro atoms. The Kier molecular flexibility index (Phi) is 4.79. The molecule has 1 aromatic rings. The molecule has 19 heavy (non-hydrogen) atoms. The van der Waals surface area contributed by atoms with Crippen LogP contribution in [-0.4, -0.2) is 40.7 Å². The second kappa shape index (κ2) is 6.56. The van der Waals surface area contributed by atoms with Crippen LogP contribution >= 0.6 is 0 Å². The lowest BCUT2D eigenvalue weighted by atomic mass is 10.3. The van der Waals surface area contributed by atoms with Crippen molar-refractivity contribution in [2.75, 3.05) is 13.7 Å². The van der Waals surface area contributed by atoms with Gasteiger partial charge in [0, 0.05) is 20.3 Å². The predicted molar refractivity (Wildman–Crippen MR) is 68.6 cm³/mol. The highest BCUT2D eigenvalue weighted by atomic mass is 16.5. The molecule has 1 fully saturated rings. The van der Waals surface area contributed by atoms with Crippen molar-refractivity contribution in [3.63, 3.8) is 0 Å². The zero-order chi connectivity index (χ0) is 13.7. The van der Waals surface area contributed by atoms with Crippen LogP contribution in [0.3, 0.4) is 0 Å². The summed E-state index contributed by atoms with van der Waals surface area (Å²) in [6.07, 6.45) is 6.65. The first-order chi connectivity index (χ1) is 9.22. The predicted octanol–water partition coefficient (Wildman–Crippen LogP) is 1.94. The van der Waals surface area contributed by atoms with Gasteiger partial charge in [0.25, 0.3) is 0 Å². The number of ether oxygens (including phenoxy) is 2. The normalized spacial score (nSPS) is 15.8. The molecule has 0 atom stereocenters. The van der Waals surface area contributed by atoms with Crippen LogP contribution in [0.25, 0.3) is 0 Å². The number of hydrogen-bond acceptors (Lipinski definition) is 4. The van der Waals surface area contributed by atoms with Crippen molar-refractivity contribution >= 4 is 5.97 Å². The molecular formula is C13H20N2O4. The molecule has 6 heteroatoms. The maximum absolute atomic E-state index is 11.3. The van der Waals surface area contributed by atoms with Crippen LogP contribution in [0.15, 0.2) is 6.20 Å². The van der Waals surface area contributed by atoms with Crippen LogP contribution in [0.4, 0.5) is 0 Å². The lowest BCUT2D eigenvalue weighted by molar-refractivity contribution is 0.0674. The molecule has 6 nitrogen and oxygen atoms in total. The number of rotatable bonds is 7. The summed E-state index contributed by atoms with van der Waals surface area (Å²) in [4.78, 5) is 11.3. The third-order valence-corrected chi connectivity index (χ3v) is 3.32. The Morgan fingerprint density at radius 3 is 2.89 bits per heavy atom. The maximum atomic E-state index is 11.3. The molecule has 1 heterocycles. The molecule has 0 aliphatic heterocycles. The number of carboxylic acid groups (broad SMARTS) is 1. The van der Waals surface area contributed by atoms with Gasteiger partial charge in [-0.2, -0.15) is 5.10 Å². The molecule has 0 bridgehead atoms. The Morgan fingerprint density at radius 1 is 1.53 bits per heavy atom. The molecule has 1 aliphatic carbocycles. The van der Waals surface area contributed by atoms with Gasteiger partial charge in [-0.05, 0) is 32.1 Å². The summed E-state index contributed by atoms with van der Waals surface area (Å²) in [7, 11) is 1.62. The van der Waals surface area contributed by atoms with Crippen molar-refractivity contribution < 1.29 is 19.4 Å². The zero-order valence-corrected chi connectivity index (χ0v) is 11.2. The molecule has 1 aliphatic rings. The Balaban J connectivity index is 2.07. The van der Waals surface area contributed by atoms with Crippen molar-refractivity contribution in [2.24, 2.45) is 0 Å². The first-order valence-electron chi connectivity index (χ1n) is 6.67. The molecule has 106 valence electrons. The lowest BCUT2D eigenvalue weighted by Crippen LogP contribution is -2.16. The summed E-state index contributed by atoms with van der Waals surface area (Å²) in [6.45, 7) is 1.10. The van der Waals surface area contributed by atoms with E-state index in [4.69, 9.17) is 9.47 Å². The quantitative estimate of drug-likeness (QED) is 0.765. The number of aromatic carboxylic acids is 1. The largest absolute Gasteiger partial charge is 0.486 e. The first kappa shape index (κ1) is 13.9. The number of aryl methyl sites for hydroxylation is 1. The number of carbonyl (C=O) groups is 1. The molecule has 2 rings (SSSR count). The fourth-order valence-corrected chi connectivity index (χ4v) is 2.38. The van der Waals surface area contributed by atoms with Crippen LogP contribution in [0, 0.1) is 0 Å². The highest BCUT2D eigenvalue weighted by molar-refractivity contribution is 5.88. The Morgan fingerprint density at radius 2 is 2.26 bits per heavy atom. The first-order valence-corrected chi connectivity index (χ1v) is 6.67. The Hall–Kier alpha value is -1.56. The van der Waals surface area contributed by atoms with Gasteiger partial charge >= 0.3 is 5.97 Å². The van der Waals surface area contributed by atoms with Gasteiger partial charge in [-0.1, -0.05) is 0 Å². The zero-order valence-electron chi connectivity index (χ0n) is 11.2. The highest BCUT2D eigenvalue weighted by Gasteiger charge is 2.23. The summed E-state index contributed by atoms with van der Waals surface area (Å²) in [5, 5.41) is 13.4. The van der Waals surface area contributed by atoms with E-state index in [0.717, 1.165) is 32.1 Å². The van der Waals surface area contributed by atoms with E-state index in [0.29, 0.717) is 18.9 Å².